The molecule has 0 fully saturated rings. The van der Waals surface area contributed by atoms with E-state index in [1.165, 1.54) is 0 Å². The van der Waals surface area contributed by atoms with Crippen LogP contribution in [0.1, 0.15) is 23.5 Å². The van der Waals surface area contributed by atoms with Crippen molar-refractivity contribution in [2.75, 3.05) is 0 Å². The van der Waals surface area contributed by atoms with Crippen LogP contribution in [0, 0.1) is 0 Å². The van der Waals surface area contributed by atoms with Crippen LogP contribution < -0.4 is 0 Å². The molecule has 1 atom stereocenters. The quantitative estimate of drug-likeness (QED) is 0.713. The van der Waals surface area contributed by atoms with Crippen molar-refractivity contribution in [2.45, 2.75) is 17.9 Å². The normalized spacial score (nSPS) is 14.8. The molecule has 0 aliphatic carbocycles. The monoisotopic (exact) mass is 244 g/mol. The van der Waals surface area contributed by atoms with Gasteiger partial charge >= 0.3 is 12.1 Å². The molecule has 1 rings (SSSR count). The maximum absolute atomic E-state index is 11.9. The molecule has 0 aromatic carbocycles. The van der Waals surface area contributed by atoms with Gasteiger partial charge in [-0.25, -0.2) is 0 Å². The first-order valence-electron chi connectivity index (χ1n) is 2.96. The summed E-state index contributed by atoms with van der Waals surface area (Å²) in [5.74, 6) is -1.33. The summed E-state index contributed by atoms with van der Waals surface area (Å²) in [5.41, 5.74) is 0. The second kappa shape index (κ2) is 3.04. The van der Waals surface area contributed by atoms with Gasteiger partial charge in [-0.05, 0) is 6.92 Å². The largest absolute Gasteiger partial charge is 0.471 e. The fourth-order valence-corrected chi connectivity index (χ4v) is 0.698. The second-order valence-corrected chi connectivity index (χ2v) is 3.45. The molecule has 7 heteroatoms. The smallest absolute Gasteiger partial charge is 0.329 e. The Kier molecular flexibility index (Phi) is 2.41. The van der Waals surface area contributed by atoms with Crippen LogP contribution in [0.15, 0.2) is 4.52 Å². The van der Waals surface area contributed by atoms with Crippen molar-refractivity contribution in [1.82, 2.24) is 10.1 Å². The first kappa shape index (κ1) is 9.50. The molecule has 0 amide bonds. The number of halogens is 4. The fraction of sp³-hybridized carbons (Fsp3) is 0.600. The van der Waals surface area contributed by atoms with Crippen molar-refractivity contribution in [2.24, 2.45) is 0 Å². The highest BCUT2D eigenvalue weighted by molar-refractivity contribution is 9.09. The number of hydrogen-bond acceptors (Lipinski definition) is 3. The van der Waals surface area contributed by atoms with E-state index in [9.17, 15) is 13.2 Å². The van der Waals surface area contributed by atoms with Gasteiger partial charge in [0.2, 0.25) is 0 Å². The van der Waals surface area contributed by atoms with Gasteiger partial charge in [-0.1, -0.05) is 21.1 Å². The van der Waals surface area contributed by atoms with Crippen LogP contribution in [0.3, 0.4) is 0 Å². The molecule has 1 aromatic rings. The second-order valence-electron chi connectivity index (χ2n) is 2.07. The minimum Gasteiger partial charge on any atom is -0.329 e. The lowest BCUT2D eigenvalue weighted by Gasteiger charge is -1.96. The molecular weight excluding hydrogens is 241 g/mol. The van der Waals surface area contributed by atoms with Crippen LogP contribution in [0.4, 0.5) is 13.2 Å². The van der Waals surface area contributed by atoms with E-state index >= 15 is 0 Å². The molecule has 0 N–H and O–H groups in total. The van der Waals surface area contributed by atoms with Gasteiger partial charge < -0.3 is 4.52 Å². The summed E-state index contributed by atoms with van der Waals surface area (Å²) in [4.78, 5) is 2.78. The molecule has 0 aliphatic heterocycles. The zero-order chi connectivity index (χ0) is 9.35. The van der Waals surface area contributed by atoms with Crippen LogP contribution >= 0.6 is 15.9 Å². The van der Waals surface area contributed by atoms with E-state index in [1.54, 1.807) is 6.92 Å². The number of rotatable bonds is 1. The summed E-state index contributed by atoms with van der Waals surface area (Å²) in [6.45, 7) is 1.60. The molecule has 1 unspecified atom stereocenters. The van der Waals surface area contributed by atoms with Crippen molar-refractivity contribution < 1.29 is 17.7 Å². The molecule has 3 nitrogen and oxygen atoms in total. The summed E-state index contributed by atoms with van der Waals surface area (Å²) in [6, 6.07) is 0. The topological polar surface area (TPSA) is 38.9 Å². The van der Waals surface area contributed by atoms with Crippen LogP contribution in [0.25, 0.3) is 0 Å². The summed E-state index contributed by atoms with van der Waals surface area (Å²) in [6.07, 6.45) is -4.56. The standard InChI is InChI=1S/C5H4BrF3N2O/c1-2(6)3-10-4(12-11-3)5(7,8)9/h2H,1H3. The van der Waals surface area contributed by atoms with Gasteiger partial charge in [-0.2, -0.15) is 18.2 Å². The first-order valence-corrected chi connectivity index (χ1v) is 3.87. The van der Waals surface area contributed by atoms with Crippen molar-refractivity contribution in [3.8, 4) is 0 Å². The molecule has 1 aromatic heterocycles. The number of alkyl halides is 4. The Morgan fingerprint density at radius 1 is 1.50 bits per heavy atom. The molecule has 68 valence electrons. The third kappa shape index (κ3) is 1.96. The minimum atomic E-state index is -4.56. The lowest BCUT2D eigenvalue weighted by atomic mass is 10.5. The molecule has 0 saturated heterocycles. The predicted molar refractivity (Wildman–Crippen MR) is 36.6 cm³/mol. The van der Waals surface area contributed by atoms with Crippen LogP contribution in [0.5, 0.6) is 0 Å². The van der Waals surface area contributed by atoms with Gasteiger partial charge in [-0.3, -0.25) is 0 Å². The molecule has 0 saturated carbocycles. The summed E-state index contributed by atoms with van der Waals surface area (Å²) < 4.78 is 39.5. The average molecular weight is 245 g/mol. The lowest BCUT2D eigenvalue weighted by Crippen LogP contribution is -2.05. The van der Waals surface area contributed by atoms with Crippen LogP contribution in [-0.4, -0.2) is 10.1 Å². The molecule has 0 radical (unpaired) electrons. The van der Waals surface area contributed by atoms with Gasteiger partial charge in [-0.15, -0.1) is 0 Å². The highest BCUT2D eigenvalue weighted by Crippen LogP contribution is 2.29. The number of nitrogens with zero attached hydrogens (tertiary/aromatic N) is 2. The minimum absolute atomic E-state index is 0.0117. The highest BCUT2D eigenvalue weighted by Gasteiger charge is 2.38. The Bertz CT molecular complexity index is 270. The van der Waals surface area contributed by atoms with Crippen molar-refractivity contribution in [1.29, 1.82) is 0 Å². The maximum atomic E-state index is 11.9. The molecule has 12 heavy (non-hydrogen) atoms. The van der Waals surface area contributed by atoms with Gasteiger partial charge in [0.05, 0.1) is 4.83 Å². The number of aromatic nitrogens is 2. The first-order chi connectivity index (χ1) is 5.41. The van der Waals surface area contributed by atoms with Crippen molar-refractivity contribution in [3.63, 3.8) is 0 Å². The highest BCUT2D eigenvalue weighted by atomic mass is 79.9. The Labute approximate surface area is 74.1 Å². The third-order valence-corrected chi connectivity index (χ3v) is 1.45. The van der Waals surface area contributed by atoms with E-state index in [0.717, 1.165) is 0 Å². The maximum Gasteiger partial charge on any atom is 0.471 e. The number of hydrogen-bond donors (Lipinski definition) is 0. The fourth-order valence-electron chi connectivity index (χ4n) is 0.512. The van der Waals surface area contributed by atoms with Crippen molar-refractivity contribution >= 4 is 15.9 Å². The Balaban J connectivity index is 2.92. The Morgan fingerprint density at radius 2 is 2.08 bits per heavy atom. The van der Waals surface area contributed by atoms with Crippen molar-refractivity contribution in [3.05, 3.63) is 11.7 Å². The van der Waals surface area contributed by atoms with E-state index in [0.29, 0.717) is 0 Å². The Hall–Kier alpha value is -0.590. The molecule has 1 heterocycles. The molecular formula is C5H4BrF3N2O. The zero-order valence-corrected chi connectivity index (χ0v) is 7.48. The van der Waals surface area contributed by atoms with E-state index in [-0.39, 0.29) is 10.7 Å². The third-order valence-electron chi connectivity index (χ3n) is 1.04. The summed E-state index contributed by atoms with van der Waals surface area (Å²) >= 11 is 3.01. The summed E-state index contributed by atoms with van der Waals surface area (Å²) in [7, 11) is 0. The van der Waals surface area contributed by atoms with Crippen LogP contribution in [-0.2, 0) is 6.18 Å². The predicted octanol–water partition coefficient (Wildman–Crippen LogP) is 2.54. The average Bonchev–Trinajstić information content (AvgIpc) is 2.30. The van der Waals surface area contributed by atoms with E-state index in [1.807, 2.05) is 0 Å². The van der Waals surface area contributed by atoms with E-state index < -0.39 is 12.1 Å². The molecule has 0 bridgehead atoms. The molecule has 0 spiro atoms. The SMILES string of the molecule is CC(Br)c1noc(C(F)(F)F)n1. The van der Waals surface area contributed by atoms with Gasteiger partial charge in [0.15, 0.2) is 5.82 Å². The van der Waals surface area contributed by atoms with Gasteiger partial charge in [0.1, 0.15) is 0 Å². The van der Waals surface area contributed by atoms with E-state index in [2.05, 4.69) is 30.6 Å². The zero-order valence-electron chi connectivity index (χ0n) is 5.89. The lowest BCUT2D eigenvalue weighted by molar-refractivity contribution is -0.159. The summed E-state index contributed by atoms with van der Waals surface area (Å²) in [5, 5.41) is 3.13. The van der Waals surface area contributed by atoms with E-state index in [4.69, 9.17) is 0 Å². The van der Waals surface area contributed by atoms with Gasteiger partial charge in [0, 0.05) is 0 Å². The van der Waals surface area contributed by atoms with Crippen LogP contribution in [0.2, 0.25) is 0 Å². The Morgan fingerprint density at radius 3 is 2.33 bits per heavy atom. The van der Waals surface area contributed by atoms with Gasteiger partial charge in [0.25, 0.3) is 0 Å². The molecule has 0 aliphatic rings.